The van der Waals surface area contributed by atoms with E-state index in [4.69, 9.17) is 22.1 Å². The van der Waals surface area contributed by atoms with Gasteiger partial charge in [0.2, 0.25) is 11.8 Å². The van der Waals surface area contributed by atoms with Crippen molar-refractivity contribution in [1.82, 2.24) is 19.5 Å². The third kappa shape index (κ3) is 4.57. The number of anilines is 2. The molecule has 0 spiro atoms. The standard InChI is InChI=1S/C25H19ClN6O4S/c1-36-23-22(37(34,35)31-21-14-28-10-9-19(21)26)12-16(13-29-23)15-7-8-20-18(11-15)24(33)32(25(27)30-20)17-5-3-2-4-6-17/h2-14,31H,1H3,(H2,27,30). The number of hydrogen-bond acceptors (Lipinski definition) is 8. The first-order chi connectivity index (χ1) is 17.8. The molecule has 5 rings (SSSR count). The zero-order chi connectivity index (χ0) is 26.2. The van der Waals surface area contributed by atoms with Crippen molar-refractivity contribution in [1.29, 1.82) is 0 Å². The maximum absolute atomic E-state index is 13.4. The average Bonchev–Trinajstić information content (AvgIpc) is 2.90. The number of nitrogens with one attached hydrogen (secondary N) is 1. The van der Waals surface area contributed by atoms with Gasteiger partial charge in [-0.25, -0.2) is 23.0 Å². The highest BCUT2D eigenvalue weighted by molar-refractivity contribution is 7.92. The van der Waals surface area contributed by atoms with Gasteiger partial charge in [-0.2, -0.15) is 0 Å². The van der Waals surface area contributed by atoms with E-state index in [9.17, 15) is 13.2 Å². The van der Waals surface area contributed by atoms with Crippen molar-refractivity contribution in [2.75, 3.05) is 17.6 Å². The Bertz CT molecular complexity index is 1810. The number of nitrogen functional groups attached to an aromatic ring is 1. The molecule has 186 valence electrons. The second kappa shape index (κ2) is 9.52. The Morgan fingerprint density at radius 3 is 2.54 bits per heavy atom. The number of ether oxygens (including phenoxy) is 1. The summed E-state index contributed by atoms with van der Waals surface area (Å²) in [5.74, 6) is -0.0611. The topological polar surface area (TPSA) is 142 Å². The molecule has 37 heavy (non-hydrogen) atoms. The molecule has 0 saturated carbocycles. The lowest BCUT2D eigenvalue weighted by Crippen LogP contribution is -2.23. The first-order valence-electron chi connectivity index (χ1n) is 10.8. The first kappa shape index (κ1) is 24.2. The fourth-order valence-corrected chi connectivity index (χ4v) is 5.22. The van der Waals surface area contributed by atoms with E-state index in [1.165, 1.54) is 42.4 Å². The van der Waals surface area contributed by atoms with Gasteiger partial charge in [0.1, 0.15) is 4.90 Å². The Morgan fingerprint density at radius 1 is 1.03 bits per heavy atom. The monoisotopic (exact) mass is 534 g/mol. The molecule has 0 unspecified atom stereocenters. The minimum atomic E-state index is -4.16. The minimum Gasteiger partial charge on any atom is -0.480 e. The highest BCUT2D eigenvalue weighted by Gasteiger charge is 2.23. The summed E-state index contributed by atoms with van der Waals surface area (Å²) in [5, 5.41) is 0.480. The van der Waals surface area contributed by atoms with E-state index < -0.39 is 10.0 Å². The number of nitrogens with zero attached hydrogens (tertiary/aromatic N) is 4. The van der Waals surface area contributed by atoms with Crippen molar-refractivity contribution < 1.29 is 13.2 Å². The van der Waals surface area contributed by atoms with Crippen LogP contribution in [0, 0.1) is 0 Å². The highest BCUT2D eigenvalue weighted by Crippen LogP contribution is 2.31. The van der Waals surface area contributed by atoms with Crippen LogP contribution in [0.3, 0.4) is 0 Å². The van der Waals surface area contributed by atoms with E-state index in [0.717, 1.165) is 0 Å². The Hall–Kier alpha value is -4.48. The smallest absolute Gasteiger partial charge is 0.267 e. The molecule has 10 nitrogen and oxygen atoms in total. The molecule has 0 atom stereocenters. The van der Waals surface area contributed by atoms with Crippen molar-refractivity contribution in [2.24, 2.45) is 0 Å². The number of aromatic nitrogens is 4. The normalized spacial score (nSPS) is 11.4. The van der Waals surface area contributed by atoms with Crippen LogP contribution in [-0.4, -0.2) is 35.0 Å². The second-order valence-corrected chi connectivity index (χ2v) is 9.93. The molecule has 0 amide bonds. The third-order valence-corrected chi connectivity index (χ3v) is 7.24. The van der Waals surface area contributed by atoms with Crippen LogP contribution in [0.15, 0.2) is 88.9 Å². The first-order valence-corrected chi connectivity index (χ1v) is 12.7. The number of rotatable bonds is 6. The van der Waals surface area contributed by atoms with Crippen LogP contribution in [0.25, 0.3) is 27.7 Å². The van der Waals surface area contributed by atoms with Gasteiger partial charge in [-0.05, 0) is 42.0 Å². The maximum atomic E-state index is 13.4. The minimum absolute atomic E-state index is 0.0519. The lowest BCUT2D eigenvalue weighted by atomic mass is 10.1. The molecule has 0 bridgehead atoms. The van der Waals surface area contributed by atoms with Crippen LogP contribution >= 0.6 is 11.6 Å². The molecule has 3 heterocycles. The molecule has 5 aromatic rings. The van der Waals surface area contributed by atoms with Crippen molar-refractivity contribution >= 4 is 44.2 Å². The zero-order valence-corrected chi connectivity index (χ0v) is 20.9. The summed E-state index contributed by atoms with van der Waals surface area (Å²) in [4.78, 5) is 25.6. The van der Waals surface area contributed by atoms with Gasteiger partial charge in [0, 0.05) is 18.0 Å². The summed E-state index contributed by atoms with van der Waals surface area (Å²) in [7, 11) is -2.85. The number of para-hydroxylation sites is 1. The average molecular weight is 535 g/mol. The van der Waals surface area contributed by atoms with E-state index >= 15 is 0 Å². The van der Waals surface area contributed by atoms with E-state index in [1.54, 1.807) is 42.5 Å². The summed E-state index contributed by atoms with van der Waals surface area (Å²) >= 11 is 6.10. The van der Waals surface area contributed by atoms with Gasteiger partial charge in [-0.1, -0.05) is 35.9 Å². The summed E-state index contributed by atoms with van der Waals surface area (Å²) in [6.45, 7) is 0. The van der Waals surface area contributed by atoms with Gasteiger partial charge in [0.25, 0.3) is 15.6 Å². The number of pyridine rings is 2. The number of fused-ring (bicyclic) bond motifs is 1. The number of benzene rings is 2. The van der Waals surface area contributed by atoms with Crippen LogP contribution < -0.4 is 20.8 Å². The maximum Gasteiger partial charge on any atom is 0.267 e. The van der Waals surface area contributed by atoms with Gasteiger partial charge in [-0.3, -0.25) is 14.5 Å². The van der Waals surface area contributed by atoms with Crippen molar-refractivity contribution in [3.63, 3.8) is 0 Å². The van der Waals surface area contributed by atoms with Crippen LogP contribution in [0.5, 0.6) is 5.88 Å². The van der Waals surface area contributed by atoms with E-state index in [0.29, 0.717) is 27.7 Å². The molecule has 0 radical (unpaired) electrons. The predicted octanol–water partition coefficient (Wildman–Crippen LogP) is 3.89. The molecule has 0 aliphatic carbocycles. The number of nitrogens with two attached hydrogens (primary N) is 1. The number of hydrogen-bond donors (Lipinski definition) is 2. The fourth-order valence-electron chi connectivity index (χ4n) is 3.80. The molecular formula is C25H19ClN6O4S. The van der Waals surface area contributed by atoms with Gasteiger partial charge < -0.3 is 10.5 Å². The molecule has 3 N–H and O–H groups in total. The molecule has 0 aliphatic rings. The second-order valence-electron chi connectivity index (χ2n) is 7.87. The summed E-state index contributed by atoms with van der Waals surface area (Å²) < 4.78 is 35.4. The Kier molecular flexibility index (Phi) is 6.24. The lowest BCUT2D eigenvalue weighted by molar-refractivity contribution is 0.385. The van der Waals surface area contributed by atoms with Crippen molar-refractivity contribution in [3.8, 4) is 22.7 Å². The van der Waals surface area contributed by atoms with Gasteiger partial charge in [0.05, 0.1) is 40.6 Å². The van der Waals surface area contributed by atoms with E-state index in [1.807, 2.05) is 6.07 Å². The van der Waals surface area contributed by atoms with Crippen LogP contribution in [0.2, 0.25) is 5.02 Å². The van der Waals surface area contributed by atoms with Crippen LogP contribution in [-0.2, 0) is 10.0 Å². The Labute approximate surface area is 216 Å². The van der Waals surface area contributed by atoms with Crippen molar-refractivity contribution in [3.05, 3.63) is 94.6 Å². The van der Waals surface area contributed by atoms with E-state index in [-0.39, 0.29) is 33.0 Å². The van der Waals surface area contributed by atoms with Gasteiger partial charge >= 0.3 is 0 Å². The summed E-state index contributed by atoms with van der Waals surface area (Å²) in [6.07, 6.45) is 4.19. The quantitative estimate of drug-likeness (QED) is 0.334. The molecule has 3 aromatic heterocycles. The van der Waals surface area contributed by atoms with Gasteiger partial charge in [0.15, 0.2) is 0 Å². The van der Waals surface area contributed by atoms with E-state index in [2.05, 4.69) is 19.7 Å². The van der Waals surface area contributed by atoms with Crippen LogP contribution in [0.4, 0.5) is 11.6 Å². The number of sulfonamides is 1. The molecule has 0 saturated heterocycles. The van der Waals surface area contributed by atoms with Crippen LogP contribution in [0.1, 0.15) is 0 Å². The number of halogens is 1. The SMILES string of the molecule is COc1ncc(-c2ccc3nc(N)n(-c4ccccc4)c(=O)c3c2)cc1S(=O)(=O)Nc1cnccc1Cl. The molecule has 12 heteroatoms. The molecule has 0 aliphatic heterocycles. The lowest BCUT2D eigenvalue weighted by Gasteiger charge is -2.14. The van der Waals surface area contributed by atoms with Gasteiger partial charge in [-0.15, -0.1) is 0 Å². The third-order valence-electron chi connectivity index (χ3n) is 5.56. The Morgan fingerprint density at radius 2 is 1.81 bits per heavy atom. The Balaban J connectivity index is 1.63. The summed E-state index contributed by atoms with van der Waals surface area (Å²) in [5.41, 5.74) is 7.78. The number of methoxy groups -OCH3 is 1. The molecule has 2 aromatic carbocycles. The van der Waals surface area contributed by atoms with Crippen molar-refractivity contribution in [2.45, 2.75) is 4.90 Å². The molecular weight excluding hydrogens is 516 g/mol. The summed E-state index contributed by atoms with van der Waals surface area (Å²) in [6, 6.07) is 16.7. The zero-order valence-electron chi connectivity index (χ0n) is 19.3. The molecule has 0 fully saturated rings. The largest absolute Gasteiger partial charge is 0.480 e. The predicted molar refractivity (Wildman–Crippen MR) is 142 cm³/mol. The fraction of sp³-hybridized carbons (Fsp3) is 0.0400. The highest BCUT2D eigenvalue weighted by atomic mass is 35.5.